The molecular weight excluding hydrogens is 507 g/mol. The van der Waals surface area contributed by atoms with Crippen LogP contribution in [0.5, 0.6) is 11.5 Å². The van der Waals surface area contributed by atoms with Crippen molar-refractivity contribution in [1.82, 2.24) is 9.78 Å². The van der Waals surface area contributed by atoms with Crippen molar-refractivity contribution in [3.8, 4) is 11.5 Å². The molecule has 0 atom stereocenters. The maximum Gasteiger partial charge on any atom is 0.416 e. The van der Waals surface area contributed by atoms with Gasteiger partial charge in [-0.1, -0.05) is 24.3 Å². The molecular formula is C30H30F3N3O3. The van der Waals surface area contributed by atoms with E-state index in [1.807, 2.05) is 32.0 Å². The zero-order valence-electron chi connectivity index (χ0n) is 22.4. The number of alkyl halides is 3. The summed E-state index contributed by atoms with van der Waals surface area (Å²) in [6.45, 7) is 7.80. The Balaban J connectivity index is 1.52. The van der Waals surface area contributed by atoms with Gasteiger partial charge in [-0.2, -0.15) is 18.3 Å². The standard InChI is InChI=1S/C30H30F3N3O3/c1-18-9-10-19(2)27(13-18)39-17-24-15-23(11-12-26(24)38-5)29(37)34-28-20(3)35-36(21(28)4)16-22-7-6-8-25(14-22)30(31,32)33/h6-15H,16-17H2,1-5H3,(H,34,37). The minimum Gasteiger partial charge on any atom is -0.496 e. The van der Waals surface area contributed by atoms with Gasteiger partial charge in [-0.15, -0.1) is 0 Å². The molecule has 0 saturated carbocycles. The van der Waals surface area contributed by atoms with Gasteiger partial charge in [-0.25, -0.2) is 0 Å². The lowest BCUT2D eigenvalue weighted by atomic mass is 10.1. The third kappa shape index (κ3) is 6.42. The molecule has 1 aromatic heterocycles. The fraction of sp³-hybridized carbons (Fsp3) is 0.267. The number of methoxy groups -OCH3 is 1. The zero-order valence-corrected chi connectivity index (χ0v) is 22.4. The first-order valence-electron chi connectivity index (χ1n) is 12.3. The number of carbonyl (C=O) groups excluding carboxylic acids is 1. The van der Waals surface area contributed by atoms with E-state index in [-0.39, 0.29) is 19.1 Å². The number of rotatable bonds is 8. The van der Waals surface area contributed by atoms with Crippen LogP contribution in [0.3, 0.4) is 0 Å². The Morgan fingerprint density at radius 3 is 2.46 bits per heavy atom. The molecule has 1 N–H and O–H groups in total. The van der Waals surface area contributed by atoms with Crippen molar-refractivity contribution in [2.75, 3.05) is 12.4 Å². The molecule has 6 nitrogen and oxygen atoms in total. The topological polar surface area (TPSA) is 65.4 Å². The monoisotopic (exact) mass is 537 g/mol. The lowest BCUT2D eigenvalue weighted by molar-refractivity contribution is -0.137. The van der Waals surface area contributed by atoms with Crippen molar-refractivity contribution in [3.05, 3.63) is 105 Å². The maximum atomic E-state index is 13.2. The highest BCUT2D eigenvalue weighted by molar-refractivity contribution is 6.05. The lowest BCUT2D eigenvalue weighted by Gasteiger charge is -2.14. The van der Waals surface area contributed by atoms with Gasteiger partial charge >= 0.3 is 6.18 Å². The van der Waals surface area contributed by atoms with Crippen LogP contribution in [-0.2, 0) is 19.3 Å². The Morgan fingerprint density at radius 1 is 0.974 bits per heavy atom. The van der Waals surface area contributed by atoms with Crippen LogP contribution in [-0.4, -0.2) is 22.8 Å². The van der Waals surface area contributed by atoms with E-state index in [0.717, 1.165) is 29.0 Å². The number of benzene rings is 3. The molecule has 0 bridgehead atoms. The van der Waals surface area contributed by atoms with Gasteiger partial charge in [-0.05, 0) is 80.8 Å². The minimum absolute atomic E-state index is 0.134. The molecule has 0 radical (unpaired) electrons. The van der Waals surface area contributed by atoms with Gasteiger partial charge in [-0.3, -0.25) is 9.48 Å². The van der Waals surface area contributed by atoms with E-state index in [0.29, 0.717) is 39.5 Å². The summed E-state index contributed by atoms with van der Waals surface area (Å²) in [4.78, 5) is 13.2. The summed E-state index contributed by atoms with van der Waals surface area (Å²) in [5.41, 5.74) is 4.63. The van der Waals surface area contributed by atoms with Crippen LogP contribution in [0.1, 0.15) is 49.6 Å². The van der Waals surface area contributed by atoms with Gasteiger partial charge in [0.25, 0.3) is 5.91 Å². The summed E-state index contributed by atoms with van der Waals surface area (Å²) in [5.74, 6) is 1.000. The molecule has 0 unspecified atom stereocenters. The minimum atomic E-state index is -4.43. The highest BCUT2D eigenvalue weighted by atomic mass is 19.4. The van der Waals surface area contributed by atoms with E-state index < -0.39 is 11.7 Å². The number of nitrogens with zero attached hydrogens (tertiary/aromatic N) is 2. The van der Waals surface area contributed by atoms with Crippen LogP contribution in [0.25, 0.3) is 0 Å². The largest absolute Gasteiger partial charge is 0.496 e. The SMILES string of the molecule is COc1ccc(C(=O)Nc2c(C)nn(Cc3cccc(C(F)(F)F)c3)c2C)cc1COc1cc(C)ccc1C. The van der Waals surface area contributed by atoms with Crippen LogP contribution in [0.15, 0.2) is 60.7 Å². The average Bonchev–Trinajstić information content (AvgIpc) is 3.15. The van der Waals surface area contributed by atoms with Gasteiger partial charge in [0, 0.05) is 11.1 Å². The summed E-state index contributed by atoms with van der Waals surface area (Å²) in [6.07, 6.45) is -4.43. The van der Waals surface area contributed by atoms with Gasteiger partial charge in [0.1, 0.15) is 18.1 Å². The Kier molecular flexibility index (Phi) is 7.99. The molecule has 0 saturated heterocycles. The lowest BCUT2D eigenvalue weighted by Crippen LogP contribution is -2.14. The third-order valence-corrected chi connectivity index (χ3v) is 6.48. The van der Waals surface area contributed by atoms with Gasteiger partial charge in [0.15, 0.2) is 0 Å². The molecule has 3 aromatic carbocycles. The van der Waals surface area contributed by atoms with Crippen molar-refractivity contribution >= 4 is 11.6 Å². The van der Waals surface area contributed by atoms with Gasteiger partial charge < -0.3 is 14.8 Å². The first-order chi connectivity index (χ1) is 18.5. The van der Waals surface area contributed by atoms with E-state index in [9.17, 15) is 18.0 Å². The molecule has 4 aromatic rings. The second-order valence-electron chi connectivity index (χ2n) is 9.44. The predicted octanol–water partition coefficient (Wildman–Crippen LogP) is 7.02. The summed E-state index contributed by atoms with van der Waals surface area (Å²) in [5, 5.41) is 7.36. The molecule has 204 valence electrons. The van der Waals surface area contributed by atoms with Crippen LogP contribution >= 0.6 is 0 Å². The molecule has 1 heterocycles. The summed E-state index contributed by atoms with van der Waals surface area (Å²) in [7, 11) is 1.56. The molecule has 0 fully saturated rings. The fourth-order valence-electron chi connectivity index (χ4n) is 4.29. The number of carbonyl (C=O) groups is 1. The second-order valence-corrected chi connectivity index (χ2v) is 9.44. The number of hydrogen-bond acceptors (Lipinski definition) is 4. The van der Waals surface area contributed by atoms with E-state index in [1.54, 1.807) is 49.9 Å². The Morgan fingerprint density at radius 2 is 1.74 bits per heavy atom. The highest BCUT2D eigenvalue weighted by Gasteiger charge is 2.30. The fourth-order valence-corrected chi connectivity index (χ4v) is 4.29. The third-order valence-electron chi connectivity index (χ3n) is 6.48. The predicted molar refractivity (Wildman–Crippen MR) is 143 cm³/mol. The van der Waals surface area contributed by atoms with E-state index >= 15 is 0 Å². The number of hydrogen-bond donors (Lipinski definition) is 1. The van der Waals surface area contributed by atoms with E-state index in [4.69, 9.17) is 9.47 Å². The van der Waals surface area contributed by atoms with Crippen molar-refractivity contribution in [3.63, 3.8) is 0 Å². The van der Waals surface area contributed by atoms with Crippen LogP contribution in [0.4, 0.5) is 18.9 Å². The maximum absolute atomic E-state index is 13.2. The number of halogens is 3. The number of aromatic nitrogens is 2. The van der Waals surface area contributed by atoms with Crippen molar-refractivity contribution < 1.29 is 27.4 Å². The van der Waals surface area contributed by atoms with Crippen molar-refractivity contribution in [2.45, 2.75) is 47.0 Å². The Hall–Kier alpha value is -4.27. The summed E-state index contributed by atoms with van der Waals surface area (Å²) < 4.78 is 52.4. The molecule has 4 rings (SSSR count). The van der Waals surface area contributed by atoms with E-state index in [1.165, 1.54) is 6.07 Å². The quantitative estimate of drug-likeness (QED) is 0.262. The number of aryl methyl sites for hydroxylation is 3. The molecule has 0 aliphatic rings. The van der Waals surface area contributed by atoms with Crippen molar-refractivity contribution in [2.24, 2.45) is 0 Å². The number of nitrogens with one attached hydrogen (secondary N) is 1. The molecule has 0 spiro atoms. The molecule has 1 amide bonds. The molecule has 9 heteroatoms. The smallest absolute Gasteiger partial charge is 0.416 e. The zero-order chi connectivity index (χ0) is 28.3. The number of ether oxygens (including phenoxy) is 2. The average molecular weight is 538 g/mol. The Bertz CT molecular complexity index is 1510. The first kappa shape index (κ1) is 27.8. The number of anilines is 1. The highest BCUT2D eigenvalue weighted by Crippen LogP contribution is 2.30. The van der Waals surface area contributed by atoms with Crippen molar-refractivity contribution in [1.29, 1.82) is 0 Å². The van der Waals surface area contributed by atoms with Crippen LogP contribution in [0.2, 0.25) is 0 Å². The summed E-state index contributed by atoms with van der Waals surface area (Å²) in [6, 6.07) is 16.2. The van der Waals surface area contributed by atoms with Crippen LogP contribution < -0.4 is 14.8 Å². The first-order valence-corrected chi connectivity index (χ1v) is 12.3. The van der Waals surface area contributed by atoms with Gasteiger partial charge in [0.2, 0.25) is 0 Å². The second kappa shape index (κ2) is 11.2. The number of amides is 1. The normalized spacial score (nSPS) is 11.4. The molecule has 0 aliphatic carbocycles. The summed E-state index contributed by atoms with van der Waals surface area (Å²) >= 11 is 0. The van der Waals surface area contributed by atoms with Crippen LogP contribution in [0, 0.1) is 27.7 Å². The molecule has 39 heavy (non-hydrogen) atoms. The Labute approximate surface area is 225 Å². The van der Waals surface area contributed by atoms with E-state index in [2.05, 4.69) is 10.4 Å². The van der Waals surface area contributed by atoms with Gasteiger partial charge in [0.05, 0.1) is 36.3 Å². The molecule has 0 aliphatic heterocycles.